The van der Waals surface area contributed by atoms with Crippen LogP contribution in [0.1, 0.15) is 49.3 Å². The van der Waals surface area contributed by atoms with Gasteiger partial charge in [0.2, 0.25) is 0 Å². The molecule has 0 heterocycles. The average Bonchev–Trinajstić information content (AvgIpc) is 2.31. The molecular formula is C16H22O. The van der Waals surface area contributed by atoms with Crippen molar-refractivity contribution in [3.63, 3.8) is 0 Å². The van der Waals surface area contributed by atoms with Gasteiger partial charge in [0, 0.05) is 6.42 Å². The summed E-state index contributed by atoms with van der Waals surface area (Å²) in [6.45, 7) is 9.34. The molecule has 0 amide bonds. The molecule has 1 atom stereocenters. The summed E-state index contributed by atoms with van der Waals surface area (Å²) in [6, 6.07) is 4.22. The molecule has 0 bridgehead atoms. The van der Waals surface area contributed by atoms with Crippen LogP contribution in [-0.4, -0.2) is 6.61 Å². The molecule has 0 N–H and O–H groups in total. The van der Waals surface area contributed by atoms with Gasteiger partial charge in [0.25, 0.3) is 0 Å². The quantitative estimate of drug-likeness (QED) is 0.688. The molecule has 0 saturated heterocycles. The fourth-order valence-corrected chi connectivity index (χ4v) is 2.01. The van der Waals surface area contributed by atoms with E-state index < -0.39 is 0 Å². The Bertz CT molecular complexity index is 412. The molecular weight excluding hydrogens is 208 g/mol. The van der Waals surface area contributed by atoms with Crippen molar-refractivity contribution < 1.29 is 4.74 Å². The maximum atomic E-state index is 5.72. The highest BCUT2D eigenvalue weighted by Gasteiger charge is 2.11. The smallest absolute Gasteiger partial charge is 0.122 e. The fourth-order valence-electron chi connectivity index (χ4n) is 2.01. The van der Waals surface area contributed by atoms with E-state index in [1.807, 2.05) is 0 Å². The van der Waals surface area contributed by atoms with Crippen LogP contribution in [0.2, 0.25) is 0 Å². The van der Waals surface area contributed by atoms with Crippen LogP contribution in [0.5, 0.6) is 5.75 Å². The molecule has 92 valence electrons. The van der Waals surface area contributed by atoms with Gasteiger partial charge in [-0.3, -0.25) is 0 Å². The minimum atomic E-state index is 0.416. The normalized spacial score (nSPS) is 11.9. The van der Waals surface area contributed by atoms with Crippen LogP contribution in [0.3, 0.4) is 0 Å². The number of ether oxygens (including phenoxy) is 1. The van der Waals surface area contributed by atoms with E-state index in [1.165, 1.54) is 16.7 Å². The molecule has 0 aliphatic rings. The van der Waals surface area contributed by atoms with Gasteiger partial charge in [0.1, 0.15) is 5.75 Å². The fraction of sp³-hybridized carbons (Fsp3) is 0.500. The van der Waals surface area contributed by atoms with Gasteiger partial charge in [-0.2, -0.15) is 0 Å². The monoisotopic (exact) mass is 230 g/mol. The third kappa shape index (κ3) is 3.27. The first-order chi connectivity index (χ1) is 8.11. The van der Waals surface area contributed by atoms with Crippen molar-refractivity contribution in [2.24, 2.45) is 0 Å². The van der Waals surface area contributed by atoms with Crippen LogP contribution < -0.4 is 4.74 Å². The Morgan fingerprint density at radius 1 is 1.29 bits per heavy atom. The predicted octanol–water partition coefficient (Wildman–Crippen LogP) is 4.22. The Labute approximate surface area is 105 Å². The highest BCUT2D eigenvalue weighted by molar-refractivity contribution is 5.45. The van der Waals surface area contributed by atoms with E-state index in [9.17, 15) is 0 Å². The van der Waals surface area contributed by atoms with Crippen molar-refractivity contribution in [2.45, 2.75) is 46.5 Å². The lowest BCUT2D eigenvalue weighted by molar-refractivity contribution is 0.315. The molecule has 0 fully saturated rings. The summed E-state index contributed by atoms with van der Waals surface area (Å²) in [5.74, 6) is 4.15. The van der Waals surface area contributed by atoms with Crippen LogP contribution in [0.25, 0.3) is 0 Å². The first kappa shape index (κ1) is 13.6. The highest BCUT2D eigenvalue weighted by atomic mass is 16.5. The zero-order valence-electron chi connectivity index (χ0n) is 11.3. The third-order valence-corrected chi connectivity index (χ3v) is 3.20. The second kappa shape index (κ2) is 6.35. The van der Waals surface area contributed by atoms with E-state index in [4.69, 9.17) is 11.2 Å². The second-order valence-corrected chi connectivity index (χ2v) is 4.56. The average molecular weight is 230 g/mol. The van der Waals surface area contributed by atoms with Gasteiger partial charge in [-0.05, 0) is 48.9 Å². The van der Waals surface area contributed by atoms with Gasteiger partial charge in [-0.25, -0.2) is 0 Å². The number of rotatable bonds is 5. The SMILES string of the molecule is C#CCC(C)c1ccc(OCCC)c(C)c1C. The van der Waals surface area contributed by atoms with Crippen LogP contribution in [0.15, 0.2) is 12.1 Å². The zero-order valence-corrected chi connectivity index (χ0v) is 11.3. The van der Waals surface area contributed by atoms with Crippen molar-refractivity contribution >= 4 is 0 Å². The number of hydrogen-bond donors (Lipinski definition) is 0. The molecule has 1 nitrogen and oxygen atoms in total. The molecule has 0 aromatic heterocycles. The molecule has 0 spiro atoms. The summed E-state index contributed by atoms with van der Waals surface area (Å²) in [4.78, 5) is 0. The number of hydrogen-bond acceptors (Lipinski definition) is 1. The summed E-state index contributed by atoms with van der Waals surface area (Å²) >= 11 is 0. The summed E-state index contributed by atoms with van der Waals surface area (Å²) < 4.78 is 5.72. The molecule has 1 rings (SSSR count). The predicted molar refractivity (Wildman–Crippen MR) is 73.6 cm³/mol. The molecule has 0 radical (unpaired) electrons. The van der Waals surface area contributed by atoms with Crippen molar-refractivity contribution in [1.29, 1.82) is 0 Å². The topological polar surface area (TPSA) is 9.23 Å². The summed E-state index contributed by atoms with van der Waals surface area (Å²) in [6.07, 6.45) is 7.20. The number of benzene rings is 1. The van der Waals surface area contributed by atoms with E-state index in [-0.39, 0.29) is 0 Å². The highest BCUT2D eigenvalue weighted by Crippen LogP contribution is 2.30. The minimum Gasteiger partial charge on any atom is -0.493 e. The second-order valence-electron chi connectivity index (χ2n) is 4.56. The molecule has 0 aliphatic carbocycles. The van der Waals surface area contributed by atoms with Crippen LogP contribution in [-0.2, 0) is 0 Å². The van der Waals surface area contributed by atoms with Crippen LogP contribution >= 0.6 is 0 Å². The Hall–Kier alpha value is -1.42. The van der Waals surface area contributed by atoms with Crippen molar-refractivity contribution in [2.75, 3.05) is 6.61 Å². The summed E-state index contributed by atoms with van der Waals surface area (Å²) in [5, 5.41) is 0. The molecule has 0 saturated carbocycles. The Balaban J connectivity index is 2.98. The summed E-state index contributed by atoms with van der Waals surface area (Å²) in [5.41, 5.74) is 3.88. The minimum absolute atomic E-state index is 0.416. The molecule has 1 heteroatoms. The lowest BCUT2D eigenvalue weighted by Gasteiger charge is -2.17. The lowest BCUT2D eigenvalue weighted by Crippen LogP contribution is -2.02. The largest absolute Gasteiger partial charge is 0.493 e. The molecule has 1 unspecified atom stereocenters. The van der Waals surface area contributed by atoms with Crippen LogP contribution in [0.4, 0.5) is 0 Å². The Morgan fingerprint density at radius 3 is 2.59 bits per heavy atom. The van der Waals surface area contributed by atoms with Gasteiger partial charge >= 0.3 is 0 Å². The Morgan fingerprint density at radius 2 is 2.00 bits per heavy atom. The van der Waals surface area contributed by atoms with Gasteiger partial charge in [-0.1, -0.05) is 19.9 Å². The zero-order chi connectivity index (χ0) is 12.8. The first-order valence-electron chi connectivity index (χ1n) is 6.28. The lowest BCUT2D eigenvalue weighted by atomic mass is 9.91. The van der Waals surface area contributed by atoms with Crippen LogP contribution in [0, 0.1) is 26.2 Å². The van der Waals surface area contributed by atoms with Crippen molar-refractivity contribution in [3.05, 3.63) is 28.8 Å². The molecule has 0 aliphatic heterocycles. The van der Waals surface area contributed by atoms with Gasteiger partial charge in [-0.15, -0.1) is 12.3 Å². The third-order valence-electron chi connectivity index (χ3n) is 3.20. The van der Waals surface area contributed by atoms with Gasteiger partial charge in [0.15, 0.2) is 0 Å². The standard InChI is InChI=1S/C16H22O/c1-6-8-12(3)15-9-10-16(17-11-7-2)14(5)13(15)4/h1,9-10,12H,7-8,11H2,2-5H3. The Kier molecular flexibility index (Phi) is 5.10. The molecule has 1 aromatic rings. The van der Waals surface area contributed by atoms with E-state index >= 15 is 0 Å². The first-order valence-corrected chi connectivity index (χ1v) is 6.28. The molecule has 17 heavy (non-hydrogen) atoms. The van der Waals surface area contributed by atoms with Gasteiger partial charge in [0.05, 0.1) is 6.61 Å². The van der Waals surface area contributed by atoms with E-state index in [1.54, 1.807) is 0 Å². The van der Waals surface area contributed by atoms with Crippen molar-refractivity contribution in [1.82, 2.24) is 0 Å². The number of terminal acetylenes is 1. The van der Waals surface area contributed by atoms with E-state index in [0.717, 1.165) is 25.2 Å². The molecule has 1 aromatic carbocycles. The maximum absolute atomic E-state index is 5.72. The van der Waals surface area contributed by atoms with Gasteiger partial charge < -0.3 is 4.74 Å². The van der Waals surface area contributed by atoms with Crippen molar-refractivity contribution in [3.8, 4) is 18.1 Å². The summed E-state index contributed by atoms with van der Waals surface area (Å²) in [7, 11) is 0. The van der Waals surface area contributed by atoms with E-state index in [0.29, 0.717) is 5.92 Å². The maximum Gasteiger partial charge on any atom is 0.122 e. The van der Waals surface area contributed by atoms with E-state index in [2.05, 4.69) is 45.7 Å².